The SMILES string of the molecule is O=C(Nc1nnc(SCc2ccccc2)s1)c1ccc(CSc2ccc(Cl)cc2)cc1. The summed E-state index contributed by atoms with van der Waals surface area (Å²) in [6.45, 7) is 0. The highest BCUT2D eigenvalue weighted by Gasteiger charge is 2.11. The van der Waals surface area contributed by atoms with Gasteiger partial charge in [-0.2, -0.15) is 0 Å². The van der Waals surface area contributed by atoms with Crippen molar-refractivity contribution >= 4 is 57.5 Å². The maximum Gasteiger partial charge on any atom is 0.257 e. The maximum absolute atomic E-state index is 12.5. The summed E-state index contributed by atoms with van der Waals surface area (Å²) in [6.07, 6.45) is 0. The normalized spacial score (nSPS) is 10.7. The van der Waals surface area contributed by atoms with Gasteiger partial charge in [0, 0.05) is 27.0 Å². The zero-order valence-electron chi connectivity index (χ0n) is 16.3. The number of aromatic nitrogens is 2. The molecule has 0 aliphatic rings. The van der Waals surface area contributed by atoms with E-state index in [2.05, 4.69) is 27.6 Å². The third kappa shape index (κ3) is 6.58. The number of halogens is 1. The second-order valence-electron chi connectivity index (χ2n) is 6.54. The molecule has 1 aromatic heterocycles. The summed E-state index contributed by atoms with van der Waals surface area (Å²) < 4.78 is 0.828. The van der Waals surface area contributed by atoms with Gasteiger partial charge in [0.2, 0.25) is 5.13 Å². The van der Waals surface area contributed by atoms with Crippen LogP contribution in [-0.2, 0) is 11.5 Å². The fourth-order valence-corrected chi connectivity index (χ4v) is 5.34. The van der Waals surface area contributed by atoms with Gasteiger partial charge in [0.25, 0.3) is 5.91 Å². The second-order valence-corrected chi connectivity index (χ2v) is 10.2. The van der Waals surface area contributed by atoms with Crippen LogP contribution in [0, 0.1) is 0 Å². The number of hydrogen-bond donors (Lipinski definition) is 1. The molecule has 31 heavy (non-hydrogen) atoms. The molecule has 0 spiro atoms. The average Bonchev–Trinajstić information content (AvgIpc) is 3.25. The monoisotopic (exact) mass is 483 g/mol. The molecule has 1 amide bonds. The highest BCUT2D eigenvalue weighted by atomic mass is 35.5. The number of anilines is 1. The third-order valence-electron chi connectivity index (χ3n) is 4.27. The zero-order valence-corrected chi connectivity index (χ0v) is 19.5. The number of nitrogens with zero attached hydrogens (tertiary/aromatic N) is 2. The Morgan fingerprint density at radius 2 is 1.52 bits per heavy atom. The molecular formula is C23H18ClN3OS3. The molecule has 3 aromatic carbocycles. The number of nitrogens with one attached hydrogen (secondary N) is 1. The summed E-state index contributed by atoms with van der Waals surface area (Å²) >= 11 is 10.6. The lowest BCUT2D eigenvalue weighted by Crippen LogP contribution is -2.11. The van der Waals surface area contributed by atoms with Gasteiger partial charge in [-0.05, 0) is 47.5 Å². The Hall–Kier alpha value is -2.32. The van der Waals surface area contributed by atoms with E-state index in [-0.39, 0.29) is 5.91 Å². The first-order valence-electron chi connectivity index (χ1n) is 9.44. The van der Waals surface area contributed by atoms with Crippen LogP contribution in [0.15, 0.2) is 88.1 Å². The van der Waals surface area contributed by atoms with Crippen LogP contribution >= 0.6 is 46.5 Å². The van der Waals surface area contributed by atoms with E-state index in [1.165, 1.54) is 16.9 Å². The lowest BCUT2D eigenvalue weighted by atomic mass is 10.1. The fraction of sp³-hybridized carbons (Fsp3) is 0.0870. The number of carbonyl (C=O) groups excluding carboxylic acids is 1. The Kier molecular flexibility index (Phi) is 7.64. The number of benzene rings is 3. The molecule has 0 aliphatic carbocycles. The minimum absolute atomic E-state index is 0.187. The fourth-order valence-electron chi connectivity index (χ4n) is 2.66. The highest BCUT2D eigenvalue weighted by Crippen LogP contribution is 2.29. The van der Waals surface area contributed by atoms with E-state index >= 15 is 0 Å². The molecule has 0 radical (unpaired) electrons. The van der Waals surface area contributed by atoms with Gasteiger partial charge >= 0.3 is 0 Å². The van der Waals surface area contributed by atoms with Crippen LogP contribution in [0.2, 0.25) is 5.02 Å². The van der Waals surface area contributed by atoms with E-state index in [9.17, 15) is 4.79 Å². The molecule has 1 heterocycles. The highest BCUT2D eigenvalue weighted by molar-refractivity contribution is 8.00. The van der Waals surface area contributed by atoms with E-state index in [4.69, 9.17) is 11.6 Å². The first-order valence-corrected chi connectivity index (χ1v) is 12.6. The smallest absolute Gasteiger partial charge is 0.257 e. The van der Waals surface area contributed by atoms with Crippen molar-refractivity contribution < 1.29 is 4.79 Å². The molecule has 4 nitrogen and oxygen atoms in total. The van der Waals surface area contributed by atoms with Gasteiger partial charge < -0.3 is 0 Å². The van der Waals surface area contributed by atoms with Crippen molar-refractivity contribution in [3.8, 4) is 0 Å². The van der Waals surface area contributed by atoms with Gasteiger partial charge in [-0.1, -0.05) is 77.2 Å². The number of rotatable bonds is 8. The van der Waals surface area contributed by atoms with Gasteiger partial charge in [-0.15, -0.1) is 22.0 Å². The minimum atomic E-state index is -0.187. The van der Waals surface area contributed by atoms with Crippen molar-refractivity contribution in [2.45, 2.75) is 20.7 Å². The summed E-state index contributed by atoms with van der Waals surface area (Å²) in [7, 11) is 0. The van der Waals surface area contributed by atoms with Crippen molar-refractivity contribution in [3.05, 3.63) is 101 Å². The van der Waals surface area contributed by atoms with Crippen LogP contribution in [0.3, 0.4) is 0 Å². The third-order valence-corrected chi connectivity index (χ3v) is 7.65. The second kappa shape index (κ2) is 10.8. The van der Waals surface area contributed by atoms with E-state index in [0.717, 1.165) is 31.3 Å². The number of amides is 1. The predicted octanol–water partition coefficient (Wildman–Crippen LogP) is 7.03. The van der Waals surface area contributed by atoms with Gasteiger partial charge in [-0.25, -0.2) is 0 Å². The molecule has 4 rings (SSSR count). The lowest BCUT2D eigenvalue weighted by molar-refractivity contribution is 0.102. The number of hydrogen-bond acceptors (Lipinski definition) is 6. The molecule has 0 saturated heterocycles. The van der Waals surface area contributed by atoms with Crippen molar-refractivity contribution in [1.29, 1.82) is 0 Å². The van der Waals surface area contributed by atoms with Crippen molar-refractivity contribution in [2.75, 3.05) is 5.32 Å². The molecule has 0 saturated carbocycles. The Bertz CT molecular complexity index is 1130. The molecule has 0 unspecified atom stereocenters. The van der Waals surface area contributed by atoms with Crippen molar-refractivity contribution in [2.24, 2.45) is 0 Å². The molecule has 0 atom stereocenters. The van der Waals surface area contributed by atoms with Crippen LogP contribution in [0.1, 0.15) is 21.5 Å². The van der Waals surface area contributed by atoms with Crippen LogP contribution in [-0.4, -0.2) is 16.1 Å². The molecule has 4 aromatic rings. The minimum Gasteiger partial charge on any atom is -0.296 e. The molecule has 0 bridgehead atoms. The van der Waals surface area contributed by atoms with Crippen LogP contribution < -0.4 is 5.32 Å². The first kappa shape index (κ1) is 21.9. The zero-order chi connectivity index (χ0) is 21.5. The Labute approximate surface area is 198 Å². The van der Waals surface area contributed by atoms with Gasteiger partial charge in [0.15, 0.2) is 4.34 Å². The summed E-state index contributed by atoms with van der Waals surface area (Å²) in [6, 6.07) is 25.6. The van der Waals surface area contributed by atoms with Crippen molar-refractivity contribution in [3.63, 3.8) is 0 Å². The predicted molar refractivity (Wildman–Crippen MR) is 131 cm³/mol. The molecule has 156 valence electrons. The van der Waals surface area contributed by atoms with Gasteiger partial charge in [0.1, 0.15) is 0 Å². The van der Waals surface area contributed by atoms with Crippen molar-refractivity contribution in [1.82, 2.24) is 10.2 Å². The van der Waals surface area contributed by atoms with E-state index in [0.29, 0.717) is 10.7 Å². The van der Waals surface area contributed by atoms with Crippen LogP contribution in [0.5, 0.6) is 0 Å². The van der Waals surface area contributed by atoms with Gasteiger partial charge in [0.05, 0.1) is 0 Å². The summed E-state index contributed by atoms with van der Waals surface area (Å²) in [4.78, 5) is 13.7. The summed E-state index contributed by atoms with van der Waals surface area (Å²) in [5.74, 6) is 1.45. The first-order chi connectivity index (χ1) is 15.2. The lowest BCUT2D eigenvalue weighted by Gasteiger charge is -2.05. The summed E-state index contributed by atoms with van der Waals surface area (Å²) in [5.41, 5.74) is 2.96. The number of carbonyl (C=O) groups is 1. The number of thioether (sulfide) groups is 2. The molecule has 0 fully saturated rings. The Balaban J connectivity index is 1.28. The maximum atomic E-state index is 12.5. The molecule has 8 heteroatoms. The van der Waals surface area contributed by atoms with Crippen LogP contribution in [0.4, 0.5) is 5.13 Å². The molecular weight excluding hydrogens is 466 g/mol. The quantitative estimate of drug-likeness (QED) is 0.215. The standard InChI is InChI=1S/C23H18ClN3OS3/c24-19-10-12-20(13-11-19)29-14-17-6-8-18(9-7-17)21(28)25-22-26-27-23(31-22)30-15-16-4-2-1-3-5-16/h1-13H,14-15H2,(H,25,26,28). The summed E-state index contributed by atoms with van der Waals surface area (Å²) in [5, 5.41) is 12.3. The largest absolute Gasteiger partial charge is 0.296 e. The topological polar surface area (TPSA) is 54.9 Å². The van der Waals surface area contributed by atoms with E-state index < -0.39 is 0 Å². The Morgan fingerprint density at radius 3 is 2.26 bits per heavy atom. The van der Waals surface area contributed by atoms with E-state index in [1.807, 2.05) is 66.7 Å². The average molecular weight is 484 g/mol. The van der Waals surface area contributed by atoms with Crippen LogP contribution in [0.25, 0.3) is 0 Å². The molecule has 0 aliphatic heterocycles. The Morgan fingerprint density at radius 1 is 0.839 bits per heavy atom. The van der Waals surface area contributed by atoms with Gasteiger partial charge in [-0.3, -0.25) is 10.1 Å². The van der Waals surface area contributed by atoms with E-state index in [1.54, 1.807) is 23.5 Å². The molecule has 1 N–H and O–H groups in total.